The molecule has 0 spiro atoms. The lowest BCUT2D eigenvalue weighted by Gasteiger charge is -2.15. The van der Waals surface area contributed by atoms with E-state index in [0.717, 1.165) is 4.31 Å². The maximum atomic E-state index is 12.4. The summed E-state index contributed by atoms with van der Waals surface area (Å²) in [4.78, 5) is 24.1. The Morgan fingerprint density at radius 1 is 1.20 bits per heavy atom. The summed E-state index contributed by atoms with van der Waals surface area (Å²) < 4.78 is 27.0. The fraction of sp³-hybridized carbons (Fsp3) is 0.312. The second-order valence-electron chi connectivity index (χ2n) is 5.52. The van der Waals surface area contributed by atoms with E-state index in [1.165, 1.54) is 43.0 Å². The molecule has 0 saturated heterocycles. The molecule has 1 N–H and O–H groups in total. The van der Waals surface area contributed by atoms with Crippen LogP contribution in [0.25, 0.3) is 0 Å². The maximum Gasteiger partial charge on any atom is 0.276 e. The van der Waals surface area contributed by atoms with Crippen LogP contribution in [0.1, 0.15) is 23.8 Å². The molecule has 1 amide bonds. The number of nitrogens with zero attached hydrogens (tertiary/aromatic N) is 3. The number of hydrogen-bond acceptors (Lipinski definition) is 5. The van der Waals surface area contributed by atoms with Gasteiger partial charge in [-0.05, 0) is 24.6 Å². The first-order valence-electron chi connectivity index (χ1n) is 7.68. The van der Waals surface area contributed by atoms with Crippen molar-refractivity contribution in [2.45, 2.75) is 24.8 Å². The number of aryl methyl sites for hydroxylation is 1. The predicted octanol–water partition coefficient (Wildman–Crippen LogP) is 1.16. The van der Waals surface area contributed by atoms with Gasteiger partial charge in [-0.15, -0.1) is 0 Å². The summed E-state index contributed by atoms with van der Waals surface area (Å²) in [5.74, 6) is -0.591. The summed E-state index contributed by atoms with van der Waals surface area (Å²) in [6, 6.07) is 8.68. The molecule has 1 heterocycles. The van der Waals surface area contributed by atoms with Gasteiger partial charge in [-0.2, -0.15) is 5.10 Å². The average molecular weight is 364 g/mol. The Morgan fingerprint density at radius 3 is 2.52 bits per heavy atom. The first-order chi connectivity index (χ1) is 11.8. The van der Waals surface area contributed by atoms with Crippen LogP contribution in [0.15, 0.2) is 46.1 Å². The predicted molar refractivity (Wildman–Crippen MR) is 94.1 cm³/mol. The van der Waals surface area contributed by atoms with Crippen molar-refractivity contribution in [3.8, 4) is 0 Å². The molecule has 0 bridgehead atoms. The van der Waals surface area contributed by atoms with Gasteiger partial charge in [0, 0.05) is 26.7 Å². The van der Waals surface area contributed by atoms with Crippen molar-refractivity contribution in [3.05, 3.63) is 52.4 Å². The molecule has 0 aliphatic rings. The number of carbonyl (C=O) groups excluding carboxylic acids is 1. The Balaban J connectivity index is 2.37. The largest absolute Gasteiger partial charge is 0.319 e. The summed E-state index contributed by atoms with van der Waals surface area (Å²) in [7, 11) is -0.890. The van der Waals surface area contributed by atoms with E-state index in [9.17, 15) is 18.0 Å². The van der Waals surface area contributed by atoms with Gasteiger partial charge < -0.3 is 5.32 Å². The van der Waals surface area contributed by atoms with Crippen molar-refractivity contribution < 1.29 is 13.2 Å². The number of nitrogens with one attached hydrogen (secondary N) is 1. The fourth-order valence-corrected chi connectivity index (χ4v) is 3.16. The Morgan fingerprint density at radius 2 is 1.88 bits per heavy atom. The van der Waals surface area contributed by atoms with Crippen LogP contribution >= 0.6 is 0 Å². The highest BCUT2D eigenvalue weighted by Gasteiger charge is 2.22. The highest BCUT2D eigenvalue weighted by molar-refractivity contribution is 7.89. The molecule has 0 radical (unpaired) electrons. The molecule has 2 rings (SSSR count). The number of aromatic nitrogens is 2. The van der Waals surface area contributed by atoms with E-state index >= 15 is 0 Å². The minimum atomic E-state index is -3.72. The van der Waals surface area contributed by atoms with Crippen molar-refractivity contribution in [2.24, 2.45) is 0 Å². The number of para-hydroxylation sites is 1. The smallest absolute Gasteiger partial charge is 0.276 e. The Bertz CT molecular complexity index is 935. The first kappa shape index (κ1) is 18.8. The third-order valence-corrected chi connectivity index (χ3v) is 5.30. The molecule has 0 atom stereocenters. The average Bonchev–Trinajstić information content (AvgIpc) is 2.57. The van der Waals surface area contributed by atoms with Crippen molar-refractivity contribution in [3.63, 3.8) is 0 Å². The van der Waals surface area contributed by atoms with Gasteiger partial charge in [-0.25, -0.2) is 17.4 Å². The third kappa shape index (κ3) is 4.12. The summed E-state index contributed by atoms with van der Waals surface area (Å²) >= 11 is 0. The second-order valence-corrected chi connectivity index (χ2v) is 7.64. The molecule has 134 valence electrons. The standard InChI is InChI=1S/C16H20N4O4S/c1-4-11-20-15(21)10-9-13(18-20)16(22)17-12-7-5-6-8-14(12)25(23,24)19(2)3/h5-10H,4,11H2,1-3H3,(H,17,22). The van der Waals surface area contributed by atoms with Crippen molar-refractivity contribution in [1.82, 2.24) is 14.1 Å². The number of sulfonamides is 1. The quantitative estimate of drug-likeness (QED) is 0.829. The van der Waals surface area contributed by atoms with Crippen LogP contribution in [0, 0.1) is 0 Å². The molecule has 0 saturated carbocycles. The van der Waals surface area contributed by atoms with Crippen LogP contribution in [0.2, 0.25) is 0 Å². The normalized spacial score (nSPS) is 11.5. The molecule has 0 unspecified atom stereocenters. The monoisotopic (exact) mass is 364 g/mol. The minimum absolute atomic E-state index is 0.0183. The highest BCUT2D eigenvalue weighted by Crippen LogP contribution is 2.23. The molecule has 8 nitrogen and oxygen atoms in total. The van der Waals surface area contributed by atoms with E-state index < -0.39 is 15.9 Å². The van der Waals surface area contributed by atoms with Gasteiger partial charge in [0.2, 0.25) is 10.0 Å². The van der Waals surface area contributed by atoms with Gasteiger partial charge >= 0.3 is 0 Å². The van der Waals surface area contributed by atoms with Gasteiger partial charge in [0.15, 0.2) is 0 Å². The van der Waals surface area contributed by atoms with Gasteiger partial charge in [0.05, 0.1) is 5.69 Å². The molecule has 1 aromatic carbocycles. The Labute approximate surface area is 146 Å². The Hall–Kier alpha value is -2.52. The third-order valence-electron chi connectivity index (χ3n) is 3.43. The zero-order valence-electron chi connectivity index (χ0n) is 14.3. The molecular formula is C16H20N4O4S. The number of rotatable bonds is 6. The van der Waals surface area contributed by atoms with Crippen LogP contribution in [-0.2, 0) is 16.6 Å². The van der Waals surface area contributed by atoms with Crippen LogP contribution < -0.4 is 10.9 Å². The molecule has 0 aliphatic heterocycles. The minimum Gasteiger partial charge on any atom is -0.319 e. The topological polar surface area (TPSA) is 101 Å². The molecule has 25 heavy (non-hydrogen) atoms. The summed E-state index contributed by atoms with van der Waals surface area (Å²) in [6.07, 6.45) is 0.696. The van der Waals surface area contributed by atoms with Crippen LogP contribution in [0.5, 0.6) is 0 Å². The number of carbonyl (C=O) groups is 1. The highest BCUT2D eigenvalue weighted by atomic mass is 32.2. The van der Waals surface area contributed by atoms with E-state index in [1.807, 2.05) is 6.92 Å². The SMILES string of the molecule is CCCn1nc(C(=O)Nc2ccccc2S(=O)(=O)N(C)C)ccc1=O. The van der Waals surface area contributed by atoms with E-state index in [4.69, 9.17) is 0 Å². The maximum absolute atomic E-state index is 12.4. The number of amides is 1. The van der Waals surface area contributed by atoms with Gasteiger partial charge in [0.25, 0.3) is 11.5 Å². The van der Waals surface area contributed by atoms with E-state index in [1.54, 1.807) is 12.1 Å². The number of hydrogen-bond donors (Lipinski definition) is 1. The lowest BCUT2D eigenvalue weighted by molar-refractivity contribution is 0.101. The van der Waals surface area contributed by atoms with E-state index in [2.05, 4.69) is 10.4 Å². The van der Waals surface area contributed by atoms with Gasteiger partial charge in [-0.1, -0.05) is 19.1 Å². The lowest BCUT2D eigenvalue weighted by Crippen LogP contribution is -2.27. The van der Waals surface area contributed by atoms with Crippen molar-refractivity contribution in [1.29, 1.82) is 0 Å². The van der Waals surface area contributed by atoms with Crippen molar-refractivity contribution >= 4 is 21.6 Å². The molecule has 0 aliphatic carbocycles. The van der Waals surface area contributed by atoms with E-state index in [0.29, 0.717) is 13.0 Å². The van der Waals surface area contributed by atoms with Crippen LogP contribution in [-0.4, -0.2) is 42.5 Å². The Kier molecular flexibility index (Phi) is 5.70. The first-order valence-corrected chi connectivity index (χ1v) is 9.12. The zero-order valence-corrected chi connectivity index (χ0v) is 15.1. The number of benzene rings is 1. The summed E-state index contributed by atoms with van der Waals surface area (Å²) in [5.41, 5.74) is -0.115. The molecule has 1 aromatic heterocycles. The van der Waals surface area contributed by atoms with Crippen molar-refractivity contribution in [2.75, 3.05) is 19.4 Å². The molecule has 2 aromatic rings. The molecular weight excluding hydrogens is 344 g/mol. The van der Waals surface area contributed by atoms with Gasteiger partial charge in [-0.3, -0.25) is 9.59 Å². The van der Waals surface area contributed by atoms with Crippen LogP contribution in [0.4, 0.5) is 5.69 Å². The van der Waals surface area contributed by atoms with Gasteiger partial charge in [0.1, 0.15) is 10.6 Å². The summed E-state index contributed by atoms with van der Waals surface area (Å²) in [5, 5.41) is 6.57. The zero-order chi connectivity index (χ0) is 18.6. The van der Waals surface area contributed by atoms with E-state index in [-0.39, 0.29) is 21.8 Å². The second kappa shape index (κ2) is 7.58. The fourth-order valence-electron chi connectivity index (χ4n) is 2.12. The lowest BCUT2D eigenvalue weighted by atomic mass is 10.3. The van der Waals surface area contributed by atoms with Crippen LogP contribution in [0.3, 0.4) is 0 Å². The summed E-state index contributed by atoms with van der Waals surface area (Å²) in [6.45, 7) is 2.29. The number of anilines is 1. The molecule has 0 fully saturated rings. The molecule has 9 heteroatoms.